The van der Waals surface area contributed by atoms with Crippen molar-refractivity contribution < 1.29 is 8.83 Å². The number of furan rings is 1. The Hall–Kier alpha value is -1.27. The van der Waals surface area contributed by atoms with Crippen LogP contribution in [0.1, 0.15) is 19.2 Å². The third-order valence-electron chi connectivity index (χ3n) is 2.14. The highest BCUT2D eigenvalue weighted by Crippen LogP contribution is 2.20. The molecule has 0 amide bonds. The van der Waals surface area contributed by atoms with Gasteiger partial charge in [0, 0.05) is 6.04 Å². The molecule has 0 saturated heterocycles. The third kappa shape index (κ3) is 3.61. The summed E-state index contributed by atoms with van der Waals surface area (Å²) >= 11 is 1.74. The van der Waals surface area contributed by atoms with Crippen molar-refractivity contribution in [1.82, 2.24) is 10.2 Å². The summed E-state index contributed by atoms with van der Waals surface area (Å²) < 4.78 is 10.6. The molecule has 2 aromatic heterocycles. The highest BCUT2D eigenvalue weighted by molar-refractivity contribution is 7.98. The molecule has 0 fully saturated rings. The quantitative estimate of drug-likeness (QED) is 0.796. The molecule has 0 radical (unpaired) electrons. The molecule has 5 nitrogen and oxygen atoms in total. The van der Waals surface area contributed by atoms with Crippen molar-refractivity contribution in [3.8, 4) is 11.7 Å². The summed E-state index contributed by atoms with van der Waals surface area (Å²) in [6.45, 7) is 2.00. The smallest absolute Gasteiger partial charge is 0.283 e. The molecule has 1 unspecified atom stereocenters. The average Bonchev–Trinajstić information content (AvgIpc) is 2.94. The lowest BCUT2D eigenvalue weighted by atomic mass is 10.3. The minimum Gasteiger partial charge on any atom is -0.459 e. The predicted molar refractivity (Wildman–Crippen MR) is 66.4 cm³/mol. The van der Waals surface area contributed by atoms with E-state index in [0.29, 0.717) is 23.3 Å². The standard InChI is InChI=1S/C11H15N3O2S/c1-8(12)4-6-17-7-10-13-14-11(16-10)9-3-2-5-15-9/h2-3,5,8H,4,6-7,12H2,1H3. The van der Waals surface area contributed by atoms with Crippen LogP contribution in [0.4, 0.5) is 0 Å². The first-order valence-electron chi connectivity index (χ1n) is 5.45. The van der Waals surface area contributed by atoms with Gasteiger partial charge in [-0.1, -0.05) is 0 Å². The molecule has 2 rings (SSSR count). The number of aromatic nitrogens is 2. The van der Waals surface area contributed by atoms with E-state index in [1.165, 1.54) is 0 Å². The van der Waals surface area contributed by atoms with Gasteiger partial charge in [0.15, 0.2) is 5.76 Å². The van der Waals surface area contributed by atoms with Crippen LogP contribution in [0.5, 0.6) is 0 Å². The van der Waals surface area contributed by atoms with E-state index in [1.807, 2.05) is 6.92 Å². The molecule has 2 heterocycles. The average molecular weight is 253 g/mol. The van der Waals surface area contributed by atoms with Crippen molar-refractivity contribution in [2.24, 2.45) is 5.73 Å². The normalized spacial score (nSPS) is 12.8. The van der Waals surface area contributed by atoms with Crippen molar-refractivity contribution in [2.45, 2.75) is 25.1 Å². The van der Waals surface area contributed by atoms with E-state index in [9.17, 15) is 0 Å². The van der Waals surface area contributed by atoms with Crippen LogP contribution in [0.15, 0.2) is 27.2 Å². The van der Waals surface area contributed by atoms with E-state index >= 15 is 0 Å². The zero-order valence-corrected chi connectivity index (χ0v) is 10.4. The van der Waals surface area contributed by atoms with Crippen molar-refractivity contribution in [1.29, 1.82) is 0 Å². The first-order chi connectivity index (χ1) is 8.25. The lowest BCUT2D eigenvalue weighted by molar-refractivity contribution is 0.494. The fourth-order valence-electron chi connectivity index (χ4n) is 1.24. The molecule has 0 saturated carbocycles. The fourth-order valence-corrected chi connectivity index (χ4v) is 2.21. The number of hydrogen-bond acceptors (Lipinski definition) is 6. The summed E-state index contributed by atoms with van der Waals surface area (Å²) in [5, 5.41) is 7.88. The Balaban J connectivity index is 1.83. The molecule has 0 spiro atoms. The maximum Gasteiger partial charge on any atom is 0.283 e. The molecule has 0 aliphatic carbocycles. The lowest BCUT2D eigenvalue weighted by Crippen LogP contribution is -2.15. The number of nitrogens with zero attached hydrogens (tertiary/aromatic N) is 2. The summed E-state index contributed by atoms with van der Waals surface area (Å²) in [6.07, 6.45) is 2.57. The molecule has 0 aliphatic heterocycles. The van der Waals surface area contributed by atoms with Gasteiger partial charge in [0.05, 0.1) is 12.0 Å². The van der Waals surface area contributed by atoms with Crippen molar-refractivity contribution in [3.63, 3.8) is 0 Å². The first kappa shape index (κ1) is 12.2. The van der Waals surface area contributed by atoms with Crippen molar-refractivity contribution in [3.05, 3.63) is 24.3 Å². The van der Waals surface area contributed by atoms with Crippen LogP contribution in [-0.4, -0.2) is 22.0 Å². The number of rotatable bonds is 6. The molecule has 17 heavy (non-hydrogen) atoms. The Morgan fingerprint density at radius 2 is 2.35 bits per heavy atom. The van der Waals surface area contributed by atoms with Gasteiger partial charge in [-0.15, -0.1) is 10.2 Å². The molecule has 1 atom stereocenters. The topological polar surface area (TPSA) is 78.1 Å². The molecule has 92 valence electrons. The highest BCUT2D eigenvalue weighted by Gasteiger charge is 2.10. The second-order valence-corrected chi connectivity index (χ2v) is 4.90. The predicted octanol–water partition coefficient (Wildman–Crippen LogP) is 2.30. The van der Waals surface area contributed by atoms with Gasteiger partial charge >= 0.3 is 0 Å². The lowest BCUT2D eigenvalue weighted by Gasteiger charge is -2.02. The zero-order valence-electron chi connectivity index (χ0n) is 9.63. The number of nitrogens with two attached hydrogens (primary N) is 1. The summed E-state index contributed by atoms with van der Waals surface area (Å²) in [4.78, 5) is 0. The molecule has 2 aromatic rings. The van der Waals surface area contributed by atoms with E-state index in [0.717, 1.165) is 12.2 Å². The molecule has 2 N–H and O–H groups in total. The SMILES string of the molecule is CC(N)CCSCc1nnc(-c2ccco2)o1. The third-order valence-corrected chi connectivity index (χ3v) is 3.12. The molecule has 6 heteroatoms. The van der Waals surface area contributed by atoms with Crippen molar-refractivity contribution >= 4 is 11.8 Å². The highest BCUT2D eigenvalue weighted by atomic mass is 32.2. The summed E-state index contributed by atoms with van der Waals surface area (Å²) in [6, 6.07) is 3.82. The molecule has 0 bridgehead atoms. The maximum atomic E-state index is 5.66. The fraction of sp³-hybridized carbons (Fsp3) is 0.455. The number of thioether (sulfide) groups is 1. The van der Waals surface area contributed by atoms with Gasteiger partial charge in [-0.3, -0.25) is 0 Å². The zero-order chi connectivity index (χ0) is 12.1. The second kappa shape index (κ2) is 5.88. The van der Waals surface area contributed by atoms with Gasteiger partial charge in [-0.2, -0.15) is 11.8 Å². The molecule has 0 aromatic carbocycles. The van der Waals surface area contributed by atoms with Gasteiger partial charge in [-0.25, -0.2) is 0 Å². The van der Waals surface area contributed by atoms with Gasteiger partial charge < -0.3 is 14.6 Å². The van der Waals surface area contributed by atoms with Crippen LogP contribution in [0.25, 0.3) is 11.7 Å². The van der Waals surface area contributed by atoms with Gasteiger partial charge in [-0.05, 0) is 31.2 Å². The van der Waals surface area contributed by atoms with Gasteiger partial charge in [0.2, 0.25) is 5.89 Å². The minimum atomic E-state index is 0.240. The Morgan fingerprint density at radius 3 is 3.06 bits per heavy atom. The Labute approximate surface area is 104 Å². The summed E-state index contributed by atoms with van der Waals surface area (Å²) in [7, 11) is 0. The Kier molecular flexibility index (Phi) is 4.22. The van der Waals surface area contributed by atoms with Crippen LogP contribution < -0.4 is 5.73 Å². The van der Waals surface area contributed by atoms with Crippen molar-refractivity contribution in [2.75, 3.05) is 5.75 Å². The largest absolute Gasteiger partial charge is 0.459 e. The van der Waals surface area contributed by atoms with E-state index < -0.39 is 0 Å². The Morgan fingerprint density at radius 1 is 1.47 bits per heavy atom. The van der Waals surface area contributed by atoms with Crippen LogP contribution in [0.2, 0.25) is 0 Å². The second-order valence-electron chi connectivity index (χ2n) is 3.80. The van der Waals surface area contributed by atoms with Crippen LogP contribution >= 0.6 is 11.8 Å². The monoisotopic (exact) mass is 253 g/mol. The molecular formula is C11H15N3O2S. The first-order valence-corrected chi connectivity index (χ1v) is 6.61. The Bertz CT molecular complexity index is 439. The van der Waals surface area contributed by atoms with Crippen LogP contribution in [-0.2, 0) is 5.75 Å². The summed E-state index contributed by atoms with van der Waals surface area (Å²) in [5.41, 5.74) is 5.66. The van der Waals surface area contributed by atoms with Gasteiger partial charge in [0.1, 0.15) is 0 Å². The van der Waals surface area contributed by atoms with E-state index in [2.05, 4.69) is 10.2 Å². The maximum absolute atomic E-state index is 5.66. The van der Waals surface area contributed by atoms with Gasteiger partial charge in [0.25, 0.3) is 5.89 Å². The minimum absolute atomic E-state index is 0.240. The van der Waals surface area contributed by atoms with E-state index in [4.69, 9.17) is 14.6 Å². The van der Waals surface area contributed by atoms with Crippen LogP contribution in [0.3, 0.4) is 0 Å². The number of hydrogen-bond donors (Lipinski definition) is 1. The van der Waals surface area contributed by atoms with E-state index in [-0.39, 0.29) is 6.04 Å². The summed E-state index contributed by atoms with van der Waals surface area (Å²) in [5.74, 6) is 3.35. The van der Waals surface area contributed by atoms with E-state index in [1.54, 1.807) is 30.2 Å². The van der Waals surface area contributed by atoms with Crippen LogP contribution in [0, 0.1) is 0 Å². The molecular weight excluding hydrogens is 238 g/mol. The molecule has 0 aliphatic rings.